The maximum Gasteiger partial charge on any atom is 0.205 e. The predicted molar refractivity (Wildman–Crippen MR) is 59.0 cm³/mol. The third kappa shape index (κ3) is 1.43. The van der Waals surface area contributed by atoms with Crippen molar-refractivity contribution in [2.24, 2.45) is 0 Å². The lowest BCUT2D eigenvalue weighted by Gasteiger charge is -2.03. The van der Waals surface area contributed by atoms with Crippen LogP contribution in [0.2, 0.25) is 10.0 Å². The Morgan fingerprint density at radius 1 is 1.38 bits per heavy atom. The van der Waals surface area contributed by atoms with Crippen molar-refractivity contribution < 1.29 is 9.53 Å². The van der Waals surface area contributed by atoms with E-state index in [0.29, 0.717) is 24.9 Å². The Morgan fingerprint density at radius 3 is 2.77 bits per heavy atom. The Labute approximate surface area is 98.3 Å². The second-order valence-corrected chi connectivity index (χ2v) is 4.46. The van der Waals surface area contributed by atoms with Crippen LogP contribution in [0, 0.1) is 3.57 Å². The SMILES string of the molecule is O=C1COc2c(Cl)cc(Cl)c(I)c21. The Bertz CT molecular complexity index is 404. The molecule has 1 aliphatic heterocycles. The summed E-state index contributed by atoms with van der Waals surface area (Å²) in [5, 5.41) is 0.884. The Kier molecular flexibility index (Phi) is 2.42. The van der Waals surface area contributed by atoms with E-state index in [1.807, 2.05) is 22.6 Å². The lowest BCUT2D eigenvalue weighted by atomic mass is 10.1. The molecule has 0 aromatic heterocycles. The molecule has 1 heterocycles. The fraction of sp³-hybridized carbons (Fsp3) is 0.125. The molecule has 0 bridgehead atoms. The van der Waals surface area contributed by atoms with Crippen LogP contribution in [-0.2, 0) is 0 Å². The molecule has 0 aliphatic carbocycles. The zero-order chi connectivity index (χ0) is 9.59. The lowest BCUT2D eigenvalue weighted by molar-refractivity contribution is 0.0960. The Hall–Kier alpha value is -0.000000000000000111. The van der Waals surface area contributed by atoms with Gasteiger partial charge < -0.3 is 4.74 Å². The molecule has 0 atom stereocenters. The summed E-state index contributed by atoms with van der Waals surface area (Å²) in [7, 11) is 0. The molecule has 1 aromatic rings. The summed E-state index contributed by atoms with van der Waals surface area (Å²) in [5.41, 5.74) is 0.512. The normalized spacial score (nSPS) is 14.2. The number of hydrogen-bond acceptors (Lipinski definition) is 2. The monoisotopic (exact) mass is 328 g/mol. The molecule has 13 heavy (non-hydrogen) atoms. The van der Waals surface area contributed by atoms with Crippen molar-refractivity contribution in [3.05, 3.63) is 25.2 Å². The van der Waals surface area contributed by atoms with E-state index in [0.717, 1.165) is 0 Å². The van der Waals surface area contributed by atoms with Gasteiger partial charge in [-0.3, -0.25) is 4.79 Å². The van der Waals surface area contributed by atoms with Crippen LogP contribution in [0.4, 0.5) is 0 Å². The highest BCUT2D eigenvalue weighted by atomic mass is 127. The van der Waals surface area contributed by atoms with Crippen molar-refractivity contribution in [3.63, 3.8) is 0 Å². The first-order valence-corrected chi connectivity index (χ1v) is 5.28. The fourth-order valence-corrected chi connectivity index (χ4v) is 2.40. The van der Waals surface area contributed by atoms with Gasteiger partial charge >= 0.3 is 0 Å². The third-order valence-electron chi connectivity index (χ3n) is 1.75. The maximum atomic E-state index is 11.3. The van der Waals surface area contributed by atoms with Gasteiger partial charge in [0, 0.05) is 3.57 Å². The van der Waals surface area contributed by atoms with Crippen LogP contribution in [0.3, 0.4) is 0 Å². The summed E-state index contributed by atoms with van der Waals surface area (Å²) in [6.45, 7) is 0.0609. The molecule has 1 aromatic carbocycles. The summed E-state index contributed by atoms with van der Waals surface area (Å²) in [6.07, 6.45) is 0. The van der Waals surface area contributed by atoms with E-state index in [2.05, 4.69) is 0 Å². The minimum Gasteiger partial charge on any atom is -0.483 e. The van der Waals surface area contributed by atoms with E-state index in [1.165, 1.54) is 0 Å². The summed E-state index contributed by atoms with van der Waals surface area (Å²) >= 11 is 13.7. The molecule has 0 saturated heterocycles. The van der Waals surface area contributed by atoms with Gasteiger partial charge in [-0.1, -0.05) is 23.2 Å². The molecule has 0 radical (unpaired) electrons. The zero-order valence-corrected chi connectivity index (χ0v) is 9.90. The van der Waals surface area contributed by atoms with Crippen molar-refractivity contribution in [3.8, 4) is 5.75 Å². The quantitative estimate of drug-likeness (QED) is 0.540. The van der Waals surface area contributed by atoms with Crippen LogP contribution in [0.15, 0.2) is 6.07 Å². The van der Waals surface area contributed by atoms with E-state index in [9.17, 15) is 4.79 Å². The molecule has 68 valence electrons. The number of ether oxygens (including phenoxy) is 1. The van der Waals surface area contributed by atoms with E-state index in [1.54, 1.807) is 6.07 Å². The van der Waals surface area contributed by atoms with Gasteiger partial charge in [0.2, 0.25) is 5.78 Å². The number of fused-ring (bicyclic) bond motifs is 1. The van der Waals surface area contributed by atoms with E-state index in [-0.39, 0.29) is 12.4 Å². The minimum atomic E-state index is -0.0659. The molecule has 0 N–H and O–H groups in total. The molecular weight excluding hydrogens is 326 g/mol. The van der Waals surface area contributed by atoms with Crippen molar-refractivity contribution >= 4 is 51.6 Å². The summed E-state index contributed by atoms with van der Waals surface area (Å²) in [4.78, 5) is 11.3. The summed E-state index contributed by atoms with van der Waals surface area (Å²) < 4.78 is 5.84. The summed E-state index contributed by atoms with van der Waals surface area (Å²) in [5.74, 6) is 0.393. The van der Waals surface area contributed by atoms with Gasteiger partial charge in [-0.15, -0.1) is 0 Å². The molecule has 2 rings (SSSR count). The molecule has 0 amide bonds. The van der Waals surface area contributed by atoms with E-state index >= 15 is 0 Å². The topological polar surface area (TPSA) is 26.3 Å². The van der Waals surface area contributed by atoms with E-state index in [4.69, 9.17) is 27.9 Å². The number of hydrogen-bond donors (Lipinski definition) is 0. The number of carbonyl (C=O) groups excluding carboxylic acids is 1. The van der Waals surface area contributed by atoms with Gasteiger partial charge in [0.15, 0.2) is 12.4 Å². The van der Waals surface area contributed by atoms with Crippen LogP contribution >= 0.6 is 45.8 Å². The van der Waals surface area contributed by atoms with Gasteiger partial charge in [0.1, 0.15) is 0 Å². The average Bonchev–Trinajstić information content (AvgIpc) is 2.44. The number of Topliss-reactive ketones (excluding diaryl/α,β-unsaturated/α-hetero) is 1. The fourth-order valence-electron chi connectivity index (χ4n) is 1.18. The molecule has 0 saturated carbocycles. The summed E-state index contributed by atoms with van der Waals surface area (Å²) in [6, 6.07) is 1.59. The highest BCUT2D eigenvalue weighted by Gasteiger charge is 2.28. The highest BCUT2D eigenvalue weighted by Crippen LogP contribution is 2.39. The van der Waals surface area contributed by atoms with Crippen LogP contribution in [0.1, 0.15) is 10.4 Å². The first-order valence-electron chi connectivity index (χ1n) is 3.44. The first kappa shape index (κ1) is 9.55. The number of rotatable bonds is 0. The van der Waals surface area contributed by atoms with Crippen LogP contribution in [0.25, 0.3) is 0 Å². The van der Waals surface area contributed by atoms with E-state index < -0.39 is 0 Å². The molecule has 0 unspecified atom stereocenters. The largest absolute Gasteiger partial charge is 0.483 e. The molecule has 0 spiro atoms. The first-order chi connectivity index (χ1) is 6.11. The van der Waals surface area contributed by atoms with Crippen molar-refractivity contribution in [1.29, 1.82) is 0 Å². The predicted octanol–water partition coefficient (Wildman–Crippen LogP) is 3.17. The van der Waals surface area contributed by atoms with Gasteiger partial charge in [0.25, 0.3) is 0 Å². The average molecular weight is 329 g/mol. The van der Waals surface area contributed by atoms with Crippen LogP contribution in [0.5, 0.6) is 5.75 Å². The van der Waals surface area contributed by atoms with Gasteiger partial charge in [-0.05, 0) is 28.7 Å². The number of halogens is 3. The van der Waals surface area contributed by atoms with Crippen LogP contribution < -0.4 is 4.74 Å². The lowest BCUT2D eigenvalue weighted by Crippen LogP contribution is -2.00. The zero-order valence-electron chi connectivity index (χ0n) is 6.23. The van der Waals surface area contributed by atoms with Crippen molar-refractivity contribution in [2.75, 3.05) is 6.61 Å². The Balaban J connectivity index is 2.77. The molecule has 1 aliphatic rings. The molecule has 0 fully saturated rings. The molecule has 5 heteroatoms. The minimum absolute atomic E-state index is 0.0609. The smallest absolute Gasteiger partial charge is 0.205 e. The maximum absolute atomic E-state index is 11.3. The molecular formula is C8H3Cl2IO2. The standard InChI is InChI=1S/C8H3Cl2IO2/c9-3-1-4(10)8-6(7(3)11)5(12)2-13-8/h1H,2H2. The second-order valence-electron chi connectivity index (χ2n) is 2.57. The number of carbonyl (C=O) groups is 1. The van der Waals surface area contributed by atoms with Crippen molar-refractivity contribution in [1.82, 2.24) is 0 Å². The van der Waals surface area contributed by atoms with Gasteiger partial charge in [-0.25, -0.2) is 0 Å². The Morgan fingerprint density at radius 2 is 2.08 bits per heavy atom. The molecule has 2 nitrogen and oxygen atoms in total. The third-order valence-corrected chi connectivity index (χ3v) is 3.77. The number of benzene rings is 1. The number of ketones is 1. The van der Waals surface area contributed by atoms with Gasteiger partial charge in [0.05, 0.1) is 15.6 Å². The van der Waals surface area contributed by atoms with Crippen LogP contribution in [-0.4, -0.2) is 12.4 Å². The highest BCUT2D eigenvalue weighted by molar-refractivity contribution is 14.1. The van der Waals surface area contributed by atoms with Crippen molar-refractivity contribution in [2.45, 2.75) is 0 Å². The van der Waals surface area contributed by atoms with Gasteiger partial charge in [-0.2, -0.15) is 0 Å². The second kappa shape index (κ2) is 3.29.